The number of rotatable bonds is 4. The Bertz CT molecular complexity index is 979. The Morgan fingerprint density at radius 3 is 2.83 bits per heavy atom. The molecule has 4 N–H and O–H groups in total. The first-order valence-corrected chi connectivity index (χ1v) is 10.4. The monoisotopic (exact) mass is 424 g/mol. The van der Waals surface area contributed by atoms with Gasteiger partial charge in [0.05, 0.1) is 11.8 Å². The molecule has 0 aromatic heterocycles. The van der Waals surface area contributed by atoms with E-state index in [2.05, 4.69) is 27.6 Å². The first-order chi connectivity index (χ1) is 13.6. The Balaban J connectivity index is 1.69. The molecule has 1 aromatic carbocycles. The summed E-state index contributed by atoms with van der Waals surface area (Å²) >= 11 is 0. The first-order valence-electron chi connectivity index (χ1n) is 8.96. The Morgan fingerprint density at radius 2 is 2.17 bits per heavy atom. The number of amides is 3. The maximum atomic E-state index is 13.5. The predicted molar refractivity (Wildman–Crippen MR) is 100 cm³/mol. The summed E-state index contributed by atoms with van der Waals surface area (Å²) in [7, 11) is -4.38. The van der Waals surface area contributed by atoms with Gasteiger partial charge in [-0.05, 0) is 37.5 Å². The smallest absolute Gasteiger partial charge is 0.336 e. The van der Waals surface area contributed by atoms with Gasteiger partial charge in [-0.3, -0.25) is 10.2 Å². The van der Waals surface area contributed by atoms with Crippen molar-refractivity contribution in [3.8, 4) is 6.07 Å². The van der Waals surface area contributed by atoms with Crippen LogP contribution in [0.4, 0.5) is 14.9 Å². The van der Waals surface area contributed by atoms with Crippen molar-refractivity contribution in [2.24, 2.45) is 5.92 Å². The number of nitrogens with one attached hydrogen (secondary N) is 4. The molecule has 0 aliphatic carbocycles. The molecule has 12 heteroatoms. The van der Waals surface area contributed by atoms with E-state index in [1.54, 1.807) is 6.92 Å². The molecule has 2 heterocycles. The van der Waals surface area contributed by atoms with Crippen LogP contribution in [0, 0.1) is 23.1 Å². The molecule has 0 bridgehead atoms. The SMILES string of the molecule is CC1CC(C#N)NNC1[C@@H](C)NC(=O)CN1C(=O)Nc2ccc(F)cc2S1(=O)=O. The molecule has 3 unspecified atom stereocenters. The number of nitriles is 1. The predicted octanol–water partition coefficient (Wildman–Crippen LogP) is 0.261. The summed E-state index contributed by atoms with van der Waals surface area (Å²) in [5.74, 6) is -1.40. The van der Waals surface area contributed by atoms with E-state index in [1.165, 1.54) is 0 Å². The third-order valence-electron chi connectivity index (χ3n) is 4.99. The highest BCUT2D eigenvalue weighted by atomic mass is 32.2. The number of nitrogens with zero attached hydrogens (tertiary/aromatic N) is 2. The van der Waals surface area contributed by atoms with Gasteiger partial charge in [0.15, 0.2) is 0 Å². The van der Waals surface area contributed by atoms with Crippen LogP contribution >= 0.6 is 0 Å². The van der Waals surface area contributed by atoms with E-state index in [1.807, 2.05) is 6.92 Å². The number of hydrazine groups is 1. The van der Waals surface area contributed by atoms with Crippen molar-refractivity contribution in [3.63, 3.8) is 0 Å². The number of urea groups is 1. The average molecular weight is 424 g/mol. The summed E-state index contributed by atoms with van der Waals surface area (Å²) in [6.07, 6.45) is 0.583. The van der Waals surface area contributed by atoms with Gasteiger partial charge in [-0.2, -0.15) is 5.26 Å². The molecular formula is C17H21FN6O4S. The standard InChI is InChI=1S/C17H21FN6O4S/c1-9-5-12(7-19)22-23-16(9)10(2)20-15(25)8-24-17(26)21-13-4-3-11(18)6-14(13)29(24,27)28/h3-4,6,9-10,12,16,22-23H,5,8H2,1-2H3,(H,20,25)(H,21,26)/t9?,10-,12?,16?/m1/s1. The summed E-state index contributed by atoms with van der Waals surface area (Å²) in [5.41, 5.74) is 5.79. The van der Waals surface area contributed by atoms with Crippen molar-refractivity contribution in [3.05, 3.63) is 24.0 Å². The summed E-state index contributed by atoms with van der Waals surface area (Å²) in [5, 5.41) is 14.0. The molecular weight excluding hydrogens is 403 g/mol. The molecule has 0 radical (unpaired) electrons. The zero-order chi connectivity index (χ0) is 21.3. The summed E-state index contributed by atoms with van der Waals surface area (Å²) in [6.45, 7) is 2.92. The van der Waals surface area contributed by atoms with E-state index in [0.29, 0.717) is 10.7 Å². The third kappa shape index (κ3) is 4.16. The number of fused-ring (bicyclic) bond motifs is 1. The van der Waals surface area contributed by atoms with Gasteiger partial charge in [0, 0.05) is 12.1 Å². The van der Waals surface area contributed by atoms with Gasteiger partial charge < -0.3 is 10.6 Å². The van der Waals surface area contributed by atoms with E-state index < -0.39 is 45.3 Å². The van der Waals surface area contributed by atoms with Gasteiger partial charge in [0.25, 0.3) is 10.0 Å². The van der Waals surface area contributed by atoms with E-state index in [4.69, 9.17) is 5.26 Å². The molecule has 2 aliphatic heterocycles. The van der Waals surface area contributed by atoms with Crippen LogP contribution in [0.1, 0.15) is 20.3 Å². The molecule has 1 aromatic rings. The fourth-order valence-corrected chi connectivity index (χ4v) is 4.96. The molecule has 29 heavy (non-hydrogen) atoms. The third-order valence-corrected chi connectivity index (χ3v) is 6.76. The van der Waals surface area contributed by atoms with Gasteiger partial charge in [0.1, 0.15) is 23.3 Å². The van der Waals surface area contributed by atoms with Crippen molar-refractivity contribution in [1.29, 1.82) is 5.26 Å². The summed E-state index contributed by atoms with van der Waals surface area (Å²) in [6, 6.07) is 3.14. The van der Waals surface area contributed by atoms with Crippen LogP contribution < -0.4 is 21.5 Å². The number of anilines is 1. The molecule has 2 aliphatic rings. The largest absolute Gasteiger partial charge is 0.350 e. The summed E-state index contributed by atoms with van der Waals surface area (Å²) in [4.78, 5) is 24.2. The van der Waals surface area contributed by atoms with Crippen LogP contribution in [-0.2, 0) is 14.8 Å². The van der Waals surface area contributed by atoms with Crippen molar-refractivity contribution in [1.82, 2.24) is 20.5 Å². The zero-order valence-corrected chi connectivity index (χ0v) is 16.6. The zero-order valence-electron chi connectivity index (χ0n) is 15.8. The lowest BCUT2D eigenvalue weighted by atomic mass is 9.89. The Hall–Kier alpha value is -2.75. The molecule has 156 valence electrons. The highest BCUT2D eigenvalue weighted by molar-refractivity contribution is 7.90. The van der Waals surface area contributed by atoms with E-state index in [9.17, 15) is 22.4 Å². The molecule has 3 rings (SSSR count). The lowest BCUT2D eigenvalue weighted by Gasteiger charge is -2.37. The maximum absolute atomic E-state index is 13.5. The van der Waals surface area contributed by atoms with Crippen molar-refractivity contribution >= 4 is 27.6 Å². The minimum absolute atomic E-state index is 0.0419. The van der Waals surface area contributed by atoms with Crippen LogP contribution in [0.3, 0.4) is 0 Å². The number of benzene rings is 1. The molecule has 1 fully saturated rings. The normalized spacial score (nSPS) is 26.6. The van der Waals surface area contributed by atoms with Gasteiger partial charge in [0.2, 0.25) is 5.91 Å². The van der Waals surface area contributed by atoms with Gasteiger partial charge in [-0.1, -0.05) is 6.92 Å². The maximum Gasteiger partial charge on any atom is 0.336 e. The molecule has 10 nitrogen and oxygen atoms in total. The minimum atomic E-state index is -4.38. The van der Waals surface area contributed by atoms with Crippen molar-refractivity contribution in [2.75, 3.05) is 11.9 Å². The van der Waals surface area contributed by atoms with Crippen LogP contribution in [0.15, 0.2) is 23.1 Å². The second-order valence-electron chi connectivity index (χ2n) is 7.15. The topological polar surface area (TPSA) is 143 Å². The van der Waals surface area contributed by atoms with E-state index in [-0.39, 0.29) is 23.7 Å². The minimum Gasteiger partial charge on any atom is -0.350 e. The highest BCUT2D eigenvalue weighted by Crippen LogP contribution is 2.30. The number of carbonyl (C=O) groups excluding carboxylic acids is 2. The number of carbonyl (C=O) groups is 2. The van der Waals surface area contributed by atoms with Crippen LogP contribution in [0.2, 0.25) is 0 Å². The Labute approximate surface area is 167 Å². The lowest BCUT2D eigenvalue weighted by molar-refractivity contribution is -0.121. The number of halogens is 1. The molecule has 3 amide bonds. The fourth-order valence-electron chi connectivity index (χ4n) is 3.51. The second kappa shape index (κ2) is 7.94. The molecule has 0 saturated carbocycles. The quantitative estimate of drug-likeness (QED) is 0.543. The van der Waals surface area contributed by atoms with Gasteiger partial charge >= 0.3 is 6.03 Å². The first kappa shape index (κ1) is 21.0. The number of hydrogen-bond donors (Lipinski definition) is 4. The van der Waals surface area contributed by atoms with Crippen LogP contribution in [0.5, 0.6) is 0 Å². The Morgan fingerprint density at radius 1 is 1.45 bits per heavy atom. The number of sulfonamides is 1. The number of hydrogen-bond acceptors (Lipinski definition) is 7. The van der Waals surface area contributed by atoms with E-state index >= 15 is 0 Å². The molecule has 1 saturated heterocycles. The molecule has 4 atom stereocenters. The van der Waals surface area contributed by atoms with Gasteiger partial charge in [-0.15, -0.1) is 0 Å². The second-order valence-corrected chi connectivity index (χ2v) is 8.98. The lowest BCUT2D eigenvalue weighted by Crippen LogP contribution is -2.62. The van der Waals surface area contributed by atoms with Crippen molar-refractivity contribution < 1.29 is 22.4 Å². The van der Waals surface area contributed by atoms with Gasteiger partial charge in [-0.25, -0.2) is 27.3 Å². The van der Waals surface area contributed by atoms with Crippen LogP contribution in [-0.4, -0.2) is 49.3 Å². The Kier molecular flexibility index (Phi) is 5.74. The summed E-state index contributed by atoms with van der Waals surface area (Å²) < 4.78 is 39.2. The van der Waals surface area contributed by atoms with Crippen LogP contribution in [0.25, 0.3) is 0 Å². The highest BCUT2D eigenvalue weighted by Gasteiger charge is 2.39. The van der Waals surface area contributed by atoms with E-state index in [0.717, 1.165) is 18.2 Å². The van der Waals surface area contributed by atoms with Crippen molar-refractivity contribution in [2.45, 2.75) is 43.3 Å². The fraction of sp³-hybridized carbons (Fsp3) is 0.471. The molecule has 0 spiro atoms. The average Bonchev–Trinajstić information content (AvgIpc) is 2.65.